The van der Waals surface area contributed by atoms with Gasteiger partial charge in [-0.15, -0.1) is 10.2 Å². The molecule has 0 aliphatic rings. The number of thioether (sulfide) groups is 1. The van der Waals surface area contributed by atoms with Crippen molar-refractivity contribution in [3.05, 3.63) is 100 Å². The van der Waals surface area contributed by atoms with Crippen LogP contribution in [0.4, 0.5) is 5.69 Å². The second-order valence-electron chi connectivity index (χ2n) is 8.95. The second kappa shape index (κ2) is 11.4. The first-order valence-electron chi connectivity index (χ1n) is 12.4. The number of para-hydroxylation sites is 1. The number of hydrogen-bond donors (Lipinski definition) is 1. The van der Waals surface area contributed by atoms with Gasteiger partial charge in [0.25, 0.3) is 16.7 Å². The van der Waals surface area contributed by atoms with Crippen LogP contribution in [0.2, 0.25) is 0 Å². The van der Waals surface area contributed by atoms with Gasteiger partial charge in [0.15, 0.2) is 5.69 Å². The first-order chi connectivity index (χ1) is 18.5. The molecule has 5 aromatic rings. The van der Waals surface area contributed by atoms with Gasteiger partial charge in [-0.2, -0.15) is 5.10 Å². The van der Waals surface area contributed by atoms with E-state index in [2.05, 4.69) is 34.5 Å². The number of anilines is 1. The fourth-order valence-corrected chi connectivity index (χ4v) is 4.76. The third-order valence-corrected chi connectivity index (χ3v) is 7.18. The SMILES string of the molecule is CCC(C)c1ccccc1NC(=O)CSc1nnc(-c2nn(Cc3ccccc3)c(=O)c3ccccc23)o1. The Hall–Kier alpha value is -4.24. The van der Waals surface area contributed by atoms with Crippen molar-refractivity contribution in [3.63, 3.8) is 0 Å². The van der Waals surface area contributed by atoms with Crippen LogP contribution in [0.15, 0.2) is 93.3 Å². The highest BCUT2D eigenvalue weighted by atomic mass is 32.2. The topological polar surface area (TPSA) is 103 Å². The second-order valence-corrected chi connectivity index (χ2v) is 9.88. The Kier molecular flexibility index (Phi) is 7.65. The molecular weight excluding hydrogens is 498 g/mol. The average Bonchev–Trinajstić information content (AvgIpc) is 3.43. The Labute approximate surface area is 224 Å². The maximum atomic E-state index is 13.1. The van der Waals surface area contributed by atoms with Crippen molar-refractivity contribution < 1.29 is 9.21 Å². The highest BCUT2D eigenvalue weighted by Crippen LogP contribution is 2.28. The van der Waals surface area contributed by atoms with Gasteiger partial charge in [0.05, 0.1) is 17.7 Å². The molecule has 38 heavy (non-hydrogen) atoms. The fourth-order valence-electron chi connectivity index (χ4n) is 4.19. The van der Waals surface area contributed by atoms with Gasteiger partial charge in [0.2, 0.25) is 5.91 Å². The summed E-state index contributed by atoms with van der Waals surface area (Å²) in [6.45, 7) is 4.57. The number of fused-ring (bicyclic) bond motifs is 1. The van der Waals surface area contributed by atoms with E-state index in [9.17, 15) is 9.59 Å². The predicted molar refractivity (Wildman–Crippen MR) is 149 cm³/mol. The van der Waals surface area contributed by atoms with Crippen molar-refractivity contribution in [1.29, 1.82) is 0 Å². The van der Waals surface area contributed by atoms with Gasteiger partial charge >= 0.3 is 0 Å². The summed E-state index contributed by atoms with van der Waals surface area (Å²) in [5.41, 5.74) is 3.09. The van der Waals surface area contributed by atoms with Crippen LogP contribution in [0.25, 0.3) is 22.4 Å². The minimum atomic E-state index is -0.198. The van der Waals surface area contributed by atoms with Crippen molar-refractivity contribution in [2.24, 2.45) is 0 Å². The molecule has 5 rings (SSSR count). The Bertz CT molecular complexity index is 1630. The average molecular weight is 526 g/mol. The van der Waals surface area contributed by atoms with Crippen LogP contribution < -0.4 is 10.9 Å². The van der Waals surface area contributed by atoms with E-state index in [1.165, 1.54) is 4.68 Å². The van der Waals surface area contributed by atoms with Gasteiger partial charge in [-0.1, -0.05) is 92.3 Å². The maximum Gasteiger partial charge on any atom is 0.277 e. The summed E-state index contributed by atoms with van der Waals surface area (Å²) in [6.07, 6.45) is 0.980. The molecule has 0 saturated carbocycles. The minimum Gasteiger partial charge on any atom is -0.409 e. The van der Waals surface area contributed by atoms with Gasteiger partial charge in [0.1, 0.15) is 0 Å². The zero-order valence-corrected chi connectivity index (χ0v) is 21.9. The van der Waals surface area contributed by atoms with Crippen LogP contribution in [0.5, 0.6) is 0 Å². The van der Waals surface area contributed by atoms with Gasteiger partial charge in [-0.3, -0.25) is 9.59 Å². The number of carbonyl (C=O) groups excluding carboxylic acids is 1. The quantitative estimate of drug-likeness (QED) is 0.245. The van der Waals surface area contributed by atoms with E-state index in [0.29, 0.717) is 28.9 Å². The molecule has 192 valence electrons. The molecule has 1 N–H and O–H groups in total. The van der Waals surface area contributed by atoms with Gasteiger partial charge in [-0.05, 0) is 35.6 Å². The number of hydrogen-bond acceptors (Lipinski definition) is 7. The van der Waals surface area contributed by atoms with E-state index in [1.807, 2.05) is 72.8 Å². The van der Waals surface area contributed by atoms with Crippen LogP contribution in [-0.2, 0) is 11.3 Å². The third kappa shape index (κ3) is 5.52. The van der Waals surface area contributed by atoms with E-state index >= 15 is 0 Å². The van der Waals surface area contributed by atoms with Crippen LogP contribution in [-0.4, -0.2) is 31.6 Å². The largest absolute Gasteiger partial charge is 0.409 e. The highest BCUT2D eigenvalue weighted by molar-refractivity contribution is 7.99. The van der Waals surface area contributed by atoms with Gasteiger partial charge in [0, 0.05) is 11.1 Å². The van der Waals surface area contributed by atoms with Crippen LogP contribution in [0.3, 0.4) is 0 Å². The summed E-state index contributed by atoms with van der Waals surface area (Å²) in [5, 5.41) is 17.3. The molecule has 3 aromatic carbocycles. The molecule has 1 atom stereocenters. The van der Waals surface area contributed by atoms with E-state index in [0.717, 1.165) is 35.0 Å². The molecule has 0 spiro atoms. The maximum absolute atomic E-state index is 13.1. The molecule has 2 heterocycles. The molecule has 1 amide bonds. The number of benzene rings is 3. The molecule has 9 heteroatoms. The van der Waals surface area contributed by atoms with E-state index in [-0.39, 0.29) is 28.3 Å². The summed E-state index contributed by atoms with van der Waals surface area (Å²) in [5.74, 6) is 0.474. The minimum absolute atomic E-state index is 0.109. The highest BCUT2D eigenvalue weighted by Gasteiger charge is 2.19. The Morgan fingerprint density at radius 1 is 0.974 bits per heavy atom. The van der Waals surface area contributed by atoms with E-state index in [4.69, 9.17) is 4.42 Å². The zero-order chi connectivity index (χ0) is 26.5. The summed E-state index contributed by atoms with van der Waals surface area (Å²) in [6, 6.07) is 24.7. The first-order valence-corrected chi connectivity index (χ1v) is 13.4. The predicted octanol–water partition coefficient (Wildman–Crippen LogP) is 5.74. The lowest BCUT2D eigenvalue weighted by Crippen LogP contribution is -2.24. The first kappa shape index (κ1) is 25.4. The van der Waals surface area contributed by atoms with E-state index in [1.54, 1.807) is 6.07 Å². The van der Waals surface area contributed by atoms with E-state index < -0.39 is 0 Å². The lowest BCUT2D eigenvalue weighted by Gasteiger charge is -2.15. The molecule has 0 radical (unpaired) electrons. The molecule has 0 bridgehead atoms. The molecule has 0 aliphatic carbocycles. The van der Waals surface area contributed by atoms with Crippen molar-refractivity contribution in [3.8, 4) is 11.6 Å². The third-order valence-electron chi connectivity index (χ3n) is 6.36. The summed E-state index contributed by atoms with van der Waals surface area (Å²) in [4.78, 5) is 25.8. The number of rotatable bonds is 9. The van der Waals surface area contributed by atoms with Crippen LogP contribution in [0.1, 0.15) is 37.3 Å². The number of nitrogens with zero attached hydrogens (tertiary/aromatic N) is 4. The normalized spacial score (nSPS) is 11.9. The Morgan fingerprint density at radius 3 is 2.47 bits per heavy atom. The molecule has 0 fully saturated rings. The summed E-state index contributed by atoms with van der Waals surface area (Å²) < 4.78 is 7.29. The Morgan fingerprint density at radius 2 is 1.68 bits per heavy atom. The molecule has 0 aliphatic heterocycles. The van der Waals surface area contributed by atoms with Crippen molar-refractivity contribution in [2.75, 3.05) is 11.1 Å². The van der Waals surface area contributed by atoms with Crippen LogP contribution in [0, 0.1) is 0 Å². The molecule has 0 saturated heterocycles. The smallest absolute Gasteiger partial charge is 0.277 e. The number of nitrogens with one attached hydrogen (secondary N) is 1. The molecular formula is C29H27N5O3S. The van der Waals surface area contributed by atoms with Crippen molar-refractivity contribution >= 4 is 34.1 Å². The number of aromatic nitrogens is 4. The monoisotopic (exact) mass is 525 g/mol. The van der Waals surface area contributed by atoms with Crippen LogP contribution >= 0.6 is 11.8 Å². The standard InChI is InChI=1S/C29H27N5O3S/c1-3-19(2)21-13-9-10-16-24(21)30-25(35)18-38-29-32-31-27(37-29)26-22-14-7-8-15-23(22)28(36)34(33-26)17-20-11-5-4-6-12-20/h4-16,19H,3,17-18H2,1-2H3,(H,30,35). The number of carbonyl (C=O) groups is 1. The summed E-state index contributed by atoms with van der Waals surface area (Å²) >= 11 is 1.15. The molecule has 1 unspecified atom stereocenters. The van der Waals surface area contributed by atoms with Gasteiger partial charge in [-0.25, -0.2) is 4.68 Å². The lowest BCUT2D eigenvalue weighted by atomic mass is 9.97. The lowest BCUT2D eigenvalue weighted by molar-refractivity contribution is -0.113. The molecule has 8 nitrogen and oxygen atoms in total. The Balaban J connectivity index is 1.36. The fraction of sp³-hybridized carbons (Fsp3) is 0.207. The number of amides is 1. The van der Waals surface area contributed by atoms with Crippen molar-refractivity contribution in [2.45, 2.75) is 38.0 Å². The molecule has 2 aromatic heterocycles. The zero-order valence-electron chi connectivity index (χ0n) is 21.1. The van der Waals surface area contributed by atoms with Gasteiger partial charge < -0.3 is 9.73 Å². The summed E-state index contributed by atoms with van der Waals surface area (Å²) in [7, 11) is 0. The van der Waals surface area contributed by atoms with Crippen molar-refractivity contribution in [1.82, 2.24) is 20.0 Å².